The number of pyridine rings is 1. The molecule has 2 aromatic heterocycles. The second-order valence-electron chi connectivity index (χ2n) is 5.05. The molecule has 0 unspecified atom stereocenters. The summed E-state index contributed by atoms with van der Waals surface area (Å²) in [6.45, 7) is 0.399. The van der Waals surface area contributed by atoms with Gasteiger partial charge in [-0.2, -0.15) is 0 Å². The number of benzene rings is 1. The first-order valence-electron chi connectivity index (χ1n) is 7.00. The van der Waals surface area contributed by atoms with E-state index in [0.717, 1.165) is 22.3 Å². The second kappa shape index (κ2) is 6.36. The van der Waals surface area contributed by atoms with Gasteiger partial charge in [-0.15, -0.1) is 0 Å². The number of aromatic amines is 1. The maximum atomic E-state index is 11.3. The minimum absolute atomic E-state index is 0.350. The van der Waals surface area contributed by atoms with Crippen LogP contribution in [0.25, 0.3) is 10.9 Å². The second-order valence-corrected chi connectivity index (χ2v) is 5.05. The van der Waals surface area contributed by atoms with Crippen LogP contribution < -0.4 is 5.32 Å². The Morgan fingerprint density at radius 3 is 2.91 bits per heavy atom. The molecule has 0 aliphatic heterocycles. The van der Waals surface area contributed by atoms with Crippen LogP contribution in [0.1, 0.15) is 11.4 Å². The number of hydrogen-bond donors (Lipinski definition) is 3. The SMILES string of the molecule is O=C(O)[C@H](Cc1cnc[nH]1)NCc1ccc2ccccc2n1. The molecule has 22 heavy (non-hydrogen) atoms. The molecule has 0 bridgehead atoms. The molecule has 0 spiro atoms. The van der Waals surface area contributed by atoms with E-state index in [-0.39, 0.29) is 0 Å². The molecule has 0 amide bonds. The Bertz CT molecular complexity index is 771. The third kappa shape index (κ3) is 3.29. The van der Waals surface area contributed by atoms with E-state index in [1.165, 1.54) is 0 Å². The molecule has 0 saturated carbocycles. The van der Waals surface area contributed by atoms with Crippen molar-refractivity contribution < 1.29 is 9.90 Å². The van der Waals surface area contributed by atoms with Gasteiger partial charge in [-0.25, -0.2) is 4.98 Å². The van der Waals surface area contributed by atoms with Crippen LogP contribution in [0.5, 0.6) is 0 Å². The Balaban J connectivity index is 1.69. The Labute approximate surface area is 127 Å². The monoisotopic (exact) mass is 296 g/mol. The van der Waals surface area contributed by atoms with E-state index in [0.29, 0.717) is 13.0 Å². The summed E-state index contributed by atoms with van der Waals surface area (Å²) in [5.41, 5.74) is 2.50. The predicted molar refractivity (Wildman–Crippen MR) is 82.3 cm³/mol. The molecule has 112 valence electrons. The lowest BCUT2D eigenvalue weighted by Gasteiger charge is -2.13. The van der Waals surface area contributed by atoms with Gasteiger partial charge in [-0.05, 0) is 12.1 Å². The normalized spacial score (nSPS) is 12.4. The molecule has 6 heteroatoms. The molecule has 1 atom stereocenters. The fraction of sp³-hybridized carbons (Fsp3) is 0.188. The number of imidazole rings is 1. The van der Waals surface area contributed by atoms with Crippen LogP contribution in [0.3, 0.4) is 0 Å². The maximum absolute atomic E-state index is 11.3. The van der Waals surface area contributed by atoms with Gasteiger partial charge in [0.25, 0.3) is 0 Å². The first-order valence-corrected chi connectivity index (χ1v) is 7.00. The van der Waals surface area contributed by atoms with Crippen LogP contribution in [0.4, 0.5) is 0 Å². The molecule has 0 fully saturated rings. The lowest BCUT2D eigenvalue weighted by atomic mass is 10.1. The van der Waals surface area contributed by atoms with Gasteiger partial charge in [0.05, 0.1) is 17.5 Å². The number of para-hydroxylation sites is 1. The number of nitrogens with one attached hydrogen (secondary N) is 2. The third-order valence-electron chi connectivity index (χ3n) is 3.46. The summed E-state index contributed by atoms with van der Waals surface area (Å²) in [5.74, 6) is -0.893. The maximum Gasteiger partial charge on any atom is 0.321 e. The summed E-state index contributed by atoms with van der Waals surface area (Å²) < 4.78 is 0. The topological polar surface area (TPSA) is 90.9 Å². The highest BCUT2D eigenvalue weighted by Crippen LogP contribution is 2.12. The van der Waals surface area contributed by atoms with Gasteiger partial charge < -0.3 is 10.1 Å². The molecule has 0 saturated heterocycles. The zero-order valence-corrected chi connectivity index (χ0v) is 11.9. The van der Waals surface area contributed by atoms with Crippen LogP contribution in [0.2, 0.25) is 0 Å². The number of carbonyl (C=O) groups is 1. The van der Waals surface area contributed by atoms with Gasteiger partial charge in [0, 0.05) is 30.2 Å². The van der Waals surface area contributed by atoms with Gasteiger partial charge in [0.2, 0.25) is 0 Å². The molecule has 1 aromatic carbocycles. The number of nitrogens with zero attached hydrogens (tertiary/aromatic N) is 2. The van der Waals surface area contributed by atoms with Crippen LogP contribution in [-0.4, -0.2) is 32.1 Å². The van der Waals surface area contributed by atoms with Crippen molar-refractivity contribution in [3.8, 4) is 0 Å². The number of H-pyrrole nitrogens is 1. The summed E-state index contributed by atoms with van der Waals surface area (Å²) in [6, 6.07) is 11.1. The van der Waals surface area contributed by atoms with Crippen LogP contribution >= 0.6 is 0 Å². The van der Waals surface area contributed by atoms with Crippen molar-refractivity contribution in [3.05, 3.63) is 60.3 Å². The summed E-state index contributed by atoms with van der Waals surface area (Å²) >= 11 is 0. The quantitative estimate of drug-likeness (QED) is 0.644. The number of aromatic nitrogens is 3. The first-order chi connectivity index (χ1) is 10.7. The molecule has 0 aliphatic carbocycles. The highest BCUT2D eigenvalue weighted by molar-refractivity contribution is 5.78. The smallest absolute Gasteiger partial charge is 0.321 e. The van der Waals surface area contributed by atoms with Crippen molar-refractivity contribution >= 4 is 16.9 Å². The standard InChI is InChI=1S/C16H16N4O2/c21-16(22)15(7-13-8-17-10-19-13)18-9-12-6-5-11-3-1-2-4-14(11)20-12/h1-6,8,10,15,18H,7,9H2,(H,17,19)(H,21,22)/t15-/m0/s1. The minimum atomic E-state index is -0.893. The zero-order chi connectivity index (χ0) is 15.4. The zero-order valence-electron chi connectivity index (χ0n) is 11.9. The molecule has 0 aliphatic rings. The number of aliphatic carboxylic acids is 1. The number of fused-ring (bicyclic) bond motifs is 1. The Kier molecular flexibility index (Phi) is 4.11. The van der Waals surface area contributed by atoms with Crippen molar-refractivity contribution in [2.24, 2.45) is 0 Å². The van der Waals surface area contributed by atoms with Crippen LogP contribution in [0, 0.1) is 0 Å². The first kappa shape index (κ1) is 14.2. The summed E-state index contributed by atoms with van der Waals surface area (Å²) in [7, 11) is 0. The van der Waals surface area contributed by atoms with Crippen molar-refractivity contribution in [3.63, 3.8) is 0 Å². The van der Waals surface area contributed by atoms with E-state index in [1.807, 2.05) is 36.4 Å². The van der Waals surface area contributed by atoms with Crippen LogP contribution in [-0.2, 0) is 17.8 Å². The highest BCUT2D eigenvalue weighted by atomic mass is 16.4. The van der Waals surface area contributed by atoms with Crippen LogP contribution in [0.15, 0.2) is 48.9 Å². The highest BCUT2D eigenvalue weighted by Gasteiger charge is 2.18. The predicted octanol–water partition coefficient (Wildman–Crippen LogP) is 1.74. The Hall–Kier alpha value is -2.73. The summed E-state index contributed by atoms with van der Waals surface area (Å²) in [4.78, 5) is 22.7. The van der Waals surface area contributed by atoms with Crippen molar-refractivity contribution in [1.82, 2.24) is 20.3 Å². The molecular formula is C16H16N4O2. The largest absolute Gasteiger partial charge is 0.480 e. The summed E-state index contributed by atoms with van der Waals surface area (Å²) in [5, 5.41) is 13.4. The Morgan fingerprint density at radius 2 is 2.14 bits per heavy atom. The van der Waals surface area contributed by atoms with E-state index in [2.05, 4.69) is 20.3 Å². The minimum Gasteiger partial charge on any atom is -0.480 e. The number of carboxylic acids is 1. The van der Waals surface area contributed by atoms with E-state index in [4.69, 9.17) is 0 Å². The number of rotatable bonds is 6. The average molecular weight is 296 g/mol. The molecule has 3 aromatic rings. The Morgan fingerprint density at radius 1 is 1.27 bits per heavy atom. The molecule has 6 nitrogen and oxygen atoms in total. The van der Waals surface area contributed by atoms with E-state index in [1.54, 1.807) is 12.5 Å². The average Bonchev–Trinajstić information content (AvgIpc) is 3.04. The molecule has 3 rings (SSSR count). The van der Waals surface area contributed by atoms with E-state index >= 15 is 0 Å². The molecule has 0 radical (unpaired) electrons. The van der Waals surface area contributed by atoms with Gasteiger partial charge >= 0.3 is 5.97 Å². The van der Waals surface area contributed by atoms with Gasteiger partial charge in [-0.1, -0.05) is 24.3 Å². The molecule has 2 heterocycles. The third-order valence-corrected chi connectivity index (χ3v) is 3.46. The van der Waals surface area contributed by atoms with Crippen molar-refractivity contribution in [1.29, 1.82) is 0 Å². The van der Waals surface area contributed by atoms with Crippen molar-refractivity contribution in [2.75, 3.05) is 0 Å². The fourth-order valence-electron chi connectivity index (χ4n) is 2.30. The molecular weight excluding hydrogens is 280 g/mol. The van der Waals surface area contributed by atoms with Gasteiger partial charge in [0.15, 0.2) is 0 Å². The summed E-state index contributed by atoms with van der Waals surface area (Å²) in [6.07, 6.45) is 3.52. The van der Waals surface area contributed by atoms with Gasteiger partial charge in [0.1, 0.15) is 6.04 Å². The van der Waals surface area contributed by atoms with E-state index < -0.39 is 12.0 Å². The van der Waals surface area contributed by atoms with Gasteiger partial charge in [-0.3, -0.25) is 15.1 Å². The van der Waals surface area contributed by atoms with Crippen molar-refractivity contribution in [2.45, 2.75) is 19.0 Å². The number of hydrogen-bond acceptors (Lipinski definition) is 4. The molecule has 3 N–H and O–H groups in total. The fourth-order valence-corrected chi connectivity index (χ4v) is 2.30. The lowest BCUT2D eigenvalue weighted by molar-refractivity contribution is -0.139. The van der Waals surface area contributed by atoms with E-state index in [9.17, 15) is 9.90 Å². The lowest BCUT2D eigenvalue weighted by Crippen LogP contribution is -2.38. The number of carboxylic acid groups (broad SMARTS) is 1.